The molecular weight excluding hydrogens is 180 g/mol. The molecule has 1 aliphatic carbocycles. The summed E-state index contributed by atoms with van der Waals surface area (Å²) < 4.78 is 0. The van der Waals surface area contributed by atoms with Crippen molar-refractivity contribution in [3.63, 3.8) is 0 Å². The van der Waals surface area contributed by atoms with Crippen LogP contribution in [0.15, 0.2) is 0 Å². The number of ketones is 2. The van der Waals surface area contributed by atoms with E-state index in [1.807, 2.05) is 0 Å². The van der Waals surface area contributed by atoms with E-state index in [0.717, 1.165) is 0 Å². The molecule has 0 spiro atoms. The first kappa shape index (κ1) is 10.3. The zero-order valence-corrected chi connectivity index (χ0v) is 6.62. The summed E-state index contributed by atoms with van der Waals surface area (Å²) >= 11 is 0. The Morgan fingerprint density at radius 2 is 1.15 bits per heavy atom. The van der Waals surface area contributed by atoms with Gasteiger partial charge >= 0.3 is 0 Å². The van der Waals surface area contributed by atoms with Crippen molar-refractivity contribution in [1.29, 1.82) is 0 Å². The van der Waals surface area contributed by atoms with E-state index in [1.165, 1.54) is 0 Å². The Labute approximate surface area is 73.4 Å². The molecule has 74 valence electrons. The van der Waals surface area contributed by atoms with Crippen molar-refractivity contribution in [2.45, 2.75) is 30.8 Å². The third-order valence-corrected chi connectivity index (χ3v) is 2.01. The summed E-state index contributed by atoms with van der Waals surface area (Å²) in [6.45, 7) is 0. The topological polar surface area (TPSA) is 115 Å². The summed E-state index contributed by atoms with van der Waals surface area (Å²) in [5, 5.41) is 36.1. The lowest BCUT2D eigenvalue weighted by Crippen LogP contribution is -2.45. The molecule has 0 bridgehead atoms. The Morgan fingerprint density at radius 3 is 1.46 bits per heavy atom. The van der Waals surface area contributed by atoms with Gasteiger partial charge in [-0.3, -0.25) is 9.59 Å². The first-order valence-corrected chi connectivity index (χ1v) is 3.73. The molecule has 1 fully saturated rings. The molecule has 4 atom stereocenters. The van der Waals surface area contributed by atoms with Crippen LogP contribution in [0.2, 0.25) is 0 Å². The molecule has 0 aromatic rings. The molecule has 4 unspecified atom stereocenters. The molecule has 6 nitrogen and oxygen atoms in total. The van der Waals surface area contributed by atoms with Crippen LogP contribution in [0.4, 0.5) is 0 Å². The smallest absolute Gasteiger partial charge is 0.171 e. The fraction of sp³-hybridized carbons (Fsp3) is 0.714. The van der Waals surface area contributed by atoms with Gasteiger partial charge in [-0.25, -0.2) is 0 Å². The maximum Gasteiger partial charge on any atom is 0.171 e. The quantitative estimate of drug-likeness (QED) is 0.238. The SMILES string of the molecule is O=C1CC(=O)C(O)C(O)C(O)C1O. The Hall–Kier alpha value is -0.820. The number of Topliss-reactive ketones (excluding diaryl/α,β-unsaturated/α-hetero) is 2. The zero-order valence-electron chi connectivity index (χ0n) is 6.62. The predicted octanol–water partition coefficient (Wildman–Crippen LogP) is -3.03. The zero-order chi connectivity index (χ0) is 10.2. The highest BCUT2D eigenvalue weighted by atomic mass is 16.4. The maximum absolute atomic E-state index is 10.9. The van der Waals surface area contributed by atoms with E-state index >= 15 is 0 Å². The van der Waals surface area contributed by atoms with Crippen molar-refractivity contribution >= 4 is 11.6 Å². The van der Waals surface area contributed by atoms with Gasteiger partial charge in [0, 0.05) is 0 Å². The Bertz CT molecular complexity index is 213. The van der Waals surface area contributed by atoms with Crippen molar-refractivity contribution in [2.24, 2.45) is 0 Å². The van der Waals surface area contributed by atoms with E-state index in [4.69, 9.17) is 20.4 Å². The van der Waals surface area contributed by atoms with Gasteiger partial charge in [0.05, 0.1) is 6.42 Å². The van der Waals surface area contributed by atoms with Crippen molar-refractivity contribution in [3.05, 3.63) is 0 Å². The standard InChI is InChI=1S/C7H10O6/c8-2-1-3(9)5(11)7(13)6(12)4(2)10/h4-7,10-13H,1H2. The monoisotopic (exact) mass is 190 g/mol. The van der Waals surface area contributed by atoms with Gasteiger partial charge in [0.15, 0.2) is 11.6 Å². The number of rotatable bonds is 0. The van der Waals surface area contributed by atoms with Gasteiger partial charge in [0.25, 0.3) is 0 Å². The lowest BCUT2D eigenvalue weighted by Gasteiger charge is -2.20. The van der Waals surface area contributed by atoms with Crippen molar-refractivity contribution in [1.82, 2.24) is 0 Å². The third kappa shape index (κ3) is 1.75. The fourth-order valence-electron chi connectivity index (χ4n) is 1.14. The molecule has 1 aliphatic rings. The normalized spacial score (nSPS) is 41.8. The van der Waals surface area contributed by atoms with E-state index in [2.05, 4.69) is 0 Å². The number of aliphatic hydroxyl groups is 4. The lowest BCUT2D eigenvalue weighted by molar-refractivity contribution is -0.140. The summed E-state index contributed by atoms with van der Waals surface area (Å²) in [7, 11) is 0. The molecule has 6 heteroatoms. The largest absolute Gasteiger partial charge is 0.387 e. The van der Waals surface area contributed by atoms with Gasteiger partial charge < -0.3 is 20.4 Å². The first-order valence-electron chi connectivity index (χ1n) is 3.73. The van der Waals surface area contributed by atoms with Crippen molar-refractivity contribution in [2.75, 3.05) is 0 Å². The van der Waals surface area contributed by atoms with Crippen LogP contribution in [0.25, 0.3) is 0 Å². The van der Waals surface area contributed by atoms with Gasteiger partial charge in [-0.2, -0.15) is 0 Å². The van der Waals surface area contributed by atoms with Gasteiger partial charge in [-0.15, -0.1) is 0 Å². The maximum atomic E-state index is 10.9. The molecule has 1 saturated carbocycles. The minimum absolute atomic E-state index is 0.670. The minimum Gasteiger partial charge on any atom is -0.387 e. The highest BCUT2D eigenvalue weighted by molar-refractivity contribution is 6.04. The Kier molecular flexibility index (Phi) is 2.77. The number of aliphatic hydroxyl groups excluding tert-OH is 4. The van der Waals surface area contributed by atoms with Crippen molar-refractivity contribution < 1.29 is 30.0 Å². The van der Waals surface area contributed by atoms with Gasteiger partial charge in [-0.1, -0.05) is 0 Å². The van der Waals surface area contributed by atoms with Crippen LogP contribution in [0.3, 0.4) is 0 Å². The van der Waals surface area contributed by atoms with Gasteiger partial charge in [0.1, 0.15) is 24.4 Å². The van der Waals surface area contributed by atoms with Crippen molar-refractivity contribution in [3.8, 4) is 0 Å². The highest BCUT2D eigenvalue weighted by Crippen LogP contribution is 2.14. The Morgan fingerprint density at radius 1 is 0.846 bits per heavy atom. The van der Waals surface area contributed by atoms with E-state index in [-0.39, 0.29) is 0 Å². The molecule has 0 heterocycles. The van der Waals surface area contributed by atoms with Gasteiger partial charge in [-0.05, 0) is 0 Å². The molecule has 0 aromatic heterocycles. The number of hydrogen-bond donors (Lipinski definition) is 4. The minimum atomic E-state index is -1.81. The van der Waals surface area contributed by atoms with E-state index in [1.54, 1.807) is 0 Å². The van der Waals surface area contributed by atoms with Crippen LogP contribution in [0.5, 0.6) is 0 Å². The van der Waals surface area contributed by atoms with Gasteiger partial charge in [0.2, 0.25) is 0 Å². The molecule has 0 amide bonds. The van der Waals surface area contributed by atoms with Crippen LogP contribution < -0.4 is 0 Å². The number of hydrogen-bond acceptors (Lipinski definition) is 6. The molecule has 0 aromatic carbocycles. The average molecular weight is 190 g/mol. The first-order chi connectivity index (χ1) is 5.95. The Balaban J connectivity index is 2.92. The second kappa shape index (κ2) is 3.51. The summed E-state index contributed by atoms with van der Waals surface area (Å²) in [5.74, 6) is -1.79. The molecule has 13 heavy (non-hydrogen) atoms. The van der Waals surface area contributed by atoms with Crippen LogP contribution >= 0.6 is 0 Å². The predicted molar refractivity (Wildman–Crippen MR) is 38.7 cm³/mol. The summed E-state index contributed by atoms with van der Waals surface area (Å²) in [6.07, 6.45) is -7.91. The molecule has 1 rings (SSSR count). The number of carbonyl (C=O) groups excluding carboxylic acids is 2. The van der Waals surface area contributed by atoms with Crippen LogP contribution in [0, 0.1) is 0 Å². The molecule has 0 radical (unpaired) electrons. The summed E-state index contributed by atoms with van der Waals surface area (Å²) in [4.78, 5) is 21.7. The average Bonchev–Trinajstić information content (AvgIpc) is 2.15. The second-order valence-corrected chi connectivity index (χ2v) is 2.98. The molecular formula is C7H10O6. The third-order valence-electron chi connectivity index (χ3n) is 2.01. The summed E-state index contributed by atoms with van der Waals surface area (Å²) in [5.41, 5.74) is 0. The molecule has 0 aliphatic heterocycles. The van der Waals surface area contributed by atoms with E-state index in [0.29, 0.717) is 0 Å². The van der Waals surface area contributed by atoms with Crippen LogP contribution in [-0.2, 0) is 9.59 Å². The van der Waals surface area contributed by atoms with Crippen LogP contribution in [0.1, 0.15) is 6.42 Å². The summed E-state index contributed by atoms with van der Waals surface area (Å²) in [6, 6.07) is 0. The fourth-order valence-corrected chi connectivity index (χ4v) is 1.14. The lowest BCUT2D eigenvalue weighted by atomic mass is 10.1. The van der Waals surface area contributed by atoms with E-state index < -0.39 is 42.4 Å². The molecule has 4 N–H and O–H groups in total. The second-order valence-electron chi connectivity index (χ2n) is 2.98. The molecule has 0 saturated heterocycles. The van der Waals surface area contributed by atoms with Crippen LogP contribution in [-0.4, -0.2) is 56.4 Å². The highest BCUT2D eigenvalue weighted by Gasteiger charge is 2.41. The van der Waals surface area contributed by atoms with E-state index in [9.17, 15) is 9.59 Å². The number of carbonyl (C=O) groups is 2.